The van der Waals surface area contributed by atoms with E-state index in [-0.39, 0.29) is 19.6 Å². The van der Waals surface area contributed by atoms with Crippen LogP contribution in [0.1, 0.15) is 36.9 Å². The van der Waals surface area contributed by atoms with Gasteiger partial charge in [-0.2, -0.15) is 13.2 Å². The summed E-state index contributed by atoms with van der Waals surface area (Å²) in [5.74, 6) is 0.194. The molecule has 0 aliphatic carbocycles. The van der Waals surface area contributed by atoms with Gasteiger partial charge in [-0.1, -0.05) is 6.07 Å². The normalized spacial score (nSPS) is 14.1. The highest BCUT2D eigenvalue weighted by atomic mass is 19.4. The van der Waals surface area contributed by atoms with E-state index in [4.69, 9.17) is 9.72 Å². The number of alkyl halides is 3. The van der Waals surface area contributed by atoms with E-state index in [9.17, 15) is 23.1 Å². The molecular formula is C27H34F3N7O3. The minimum absolute atomic E-state index is 0.108. The number of hydrogen-bond acceptors (Lipinski definition) is 9. The Kier molecular flexibility index (Phi) is 10.4. The Balaban J connectivity index is 1.32. The summed E-state index contributed by atoms with van der Waals surface area (Å²) in [4.78, 5) is 31.2. The van der Waals surface area contributed by atoms with Crippen LogP contribution in [0.4, 0.5) is 24.8 Å². The summed E-state index contributed by atoms with van der Waals surface area (Å²) in [6, 6.07) is 6.66. The molecule has 0 saturated carbocycles. The number of aliphatic carboxylic acids is 1. The third-order valence-corrected chi connectivity index (χ3v) is 6.66. The van der Waals surface area contributed by atoms with Gasteiger partial charge in [-0.25, -0.2) is 19.7 Å². The van der Waals surface area contributed by atoms with Crippen molar-refractivity contribution in [2.24, 2.45) is 0 Å². The number of aromatic nitrogens is 4. The van der Waals surface area contributed by atoms with Crippen molar-refractivity contribution in [2.75, 3.05) is 50.0 Å². The quantitative estimate of drug-likeness (QED) is 0.235. The first-order valence-corrected chi connectivity index (χ1v) is 13.4. The summed E-state index contributed by atoms with van der Waals surface area (Å²) in [6.45, 7) is 0.682. The Hall–Kier alpha value is -3.58. The van der Waals surface area contributed by atoms with Crippen molar-refractivity contribution in [2.45, 2.75) is 50.7 Å². The highest BCUT2D eigenvalue weighted by Crippen LogP contribution is 2.21. The van der Waals surface area contributed by atoms with Crippen LogP contribution in [0.15, 0.2) is 36.8 Å². The van der Waals surface area contributed by atoms with Crippen molar-refractivity contribution in [3.8, 4) is 0 Å². The number of halogens is 3. The van der Waals surface area contributed by atoms with Gasteiger partial charge in [0.2, 0.25) is 0 Å². The third kappa shape index (κ3) is 8.98. The molecular weight excluding hydrogens is 527 g/mol. The molecule has 1 aliphatic rings. The van der Waals surface area contributed by atoms with Crippen molar-refractivity contribution in [3.63, 3.8) is 0 Å². The first-order valence-electron chi connectivity index (χ1n) is 13.4. The van der Waals surface area contributed by atoms with Gasteiger partial charge in [0.1, 0.15) is 30.3 Å². The van der Waals surface area contributed by atoms with Gasteiger partial charge < -0.3 is 25.4 Å². The van der Waals surface area contributed by atoms with Crippen LogP contribution in [0, 0.1) is 0 Å². The van der Waals surface area contributed by atoms with Crippen molar-refractivity contribution in [1.29, 1.82) is 0 Å². The van der Waals surface area contributed by atoms with E-state index in [1.807, 2.05) is 11.0 Å². The van der Waals surface area contributed by atoms with Gasteiger partial charge in [0.05, 0.1) is 12.1 Å². The Morgan fingerprint density at radius 2 is 2.02 bits per heavy atom. The maximum atomic E-state index is 12.5. The van der Waals surface area contributed by atoms with E-state index < -0.39 is 24.8 Å². The lowest BCUT2D eigenvalue weighted by atomic mass is 10.1. The molecule has 4 rings (SSSR count). The Morgan fingerprint density at radius 1 is 1.15 bits per heavy atom. The molecule has 216 valence electrons. The Bertz CT molecular complexity index is 1260. The van der Waals surface area contributed by atoms with Crippen LogP contribution in [-0.2, 0) is 22.4 Å². The van der Waals surface area contributed by atoms with E-state index in [0.717, 1.165) is 50.2 Å². The fourth-order valence-corrected chi connectivity index (χ4v) is 4.60. The molecule has 3 aromatic heterocycles. The highest BCUT2D eigenvalue weighted by Gasteiger charge is 2.27. The van der Waals surface area contributed by atoms with Crippen LogP contribution in [-0.4, -0.2) is 87.5 Å². The van der Waals surface area contributed by atoms with Gasteiger partial charge in [0, 0.05) is 31.5 Å². The second-order valence-electron chi connectivity index (χ2n) is 9.72. The first kappa shape index (κ1) is 29.4. The van der Waals surface area contributed by atoms with Gasteiger partial charge in [-0.3, -0.25) is 4.98 Å². The zero-order valence-corrected chi connectivity index (χ0v) is 22.2. The summed E-state index contributed by atoms with van der Waals surface area (Å²) in [5.41, 5.74) is 3.26. The number of ether oxygens (including phenoxy) is 1. The average molecular weight is 562 g/mol. The molecule has 0 bridgehead atoms. The summed E-state index contributed by atoms with van der Waals surface area (Å²) in [6.07, 6.45) is 3.23. The molecule has 0 amide bonds. The van der Waals surface area contributed by atoms with Crippen molar-refractivity contribution >= 4 is 28.6 Å². The highest BCUT2D eigenvalue weighted by molar-refractivity contribution is 5.87. The monoisotopic (exact) mass is 561 g/mol. The van der Waals surface area contributed by atoms with Crippen LogP contribution in [0.3, 0.4) is 0 Å². The number of fused-ring (bicyclic) bond motifs is 2. The van der Waals surface area contributed by atoms with Crippen LogP contribution < -0.4 is 10.6 Å². The van der Waals surface area contributed by atoms with Crippen LogP contribution in [0.25, 0.3) is 11.0 Å². The fraction of sp³-hybridized carbons (Fsp3) is 0.519. The smallest absolute Gasteiger partial charge is 0.411 e. The minimum atomic E-state index is -4.39. The number of unbranched alkanes of at least 4 members (excludes halogenated alkanes) is 1. The number of nitrogens with zero attached hydrogens (tertiary/aromatic N) is 5. The van der Waals surface area contributed by atoms with E-state index in [2.05, 4.69) is 31.7 Å². The number of aryl methyl sites for hydroxylation is 2. The van der Waals surface area contributed by atoms with E-state index in [0.29, 0.717) is 29.9 Å². The molecule has 1 atom stereocenters. The van der Waals surface area contributed by atoms with Crippen LogP contribution in [0.2, 0.25) is 0 Å². The summed E-state index contributed by atoms with van der Waals surface area (Å²) in [7, 11) is 0. The molecule has 0 spiro atoms. The SMILES string of the molecule is O=C(O)C(CCN(CCCCc1ccc2c(n1)NCCC2)CCOCC(F)(F)F)Nc1ncnc2cccnc12. The van der Waals surface area contributed by atoms with Gasteiger partial charge in [0.25, 0.3) is 0 Å². The molecule has 0 fully saturated rings. The van der Waals surface area contributed by atoms with Gasteiger partial charge in [0.15, 0.2) is 5.82 Å². The average Bonchev–Trinajstić information content (AvgIpc) is 2.94. The number of carbonyl (C=O) groups is 1. The molecule has 3 aromatic rings. The lowest BCUT2D eigenvalue weighted by Gasteiger charge is -2.25. The van der Waals surface area contributed by atoms with E-state index in [1.165, 1.54) is 11.9 Å². The molecule has 4 heterocycles. The molecule has 1 aliphatic heterocycles. The van der Waals surface area contributed by atoms with Crippen molar-refractivity contribution in [3.05, 3.63) is 48.0 Å². The standard InChI is InChI=1S/C27H34F3N7O3/c28-27(29,30)17-40-16-15-37(13-2-1-6-20-9-8-19-5-3-12-32-24(19)35-20)14-10-22(26(38)39)36-25-23-21(33-18-34-25)7-4-11-31-23/h4,7-9,11,18,22H,1-3,5-6,10,12-17H2,(H,32,35)(H,38,39)(H,33,34,36). The molecule has 40 heavy (non-hydrogen) atoms. The molecule has 0 radical (unpaired) electrons. The number of rotatable bonds is 15. The van der Waals surface area contributed by atoms with E-state index >= 15 is 0 Å². The van der Waals surface area contributed by atoms with Gasteiger partial charge >= 0.3 is 12.1 Å². The minimum Gasteiger partial charge on any atom is -0.480 e. The number of carboxylic acids is 1. The molecule has 0 saturated heterocycles. The molecule has 1 unspecified atom stereocenters. The number of carboxylic acid groups (broad SMARTS) is 1. The maximum absolute atomic E-state index is 12.5. The second-order valence-corrected chi connectivity index (χ2v) is 9.72. The predicted octanol–water partition coefficient (Wildman–Crippen LogP) is 3.94. The molecule has 13 heteroatoms. The van der Waals surface area contributed by atoms with Gasteiger partial charge in [-0.05, 0) is 68.8 Å². The van der Waals surface area contributed by atoms with E-state index in [1.54, 1.807) is 18.3 Å². The lowest BCUT2D eigenvalue weighted by molar-refractivity contribution is -0.174. The first-order chi connectivity index (χ1) is 19.3. The topological polar surface area (TPSA) is 125 Å². The molecule has 0 aromatic carbocycles. The summed E-state index contributed by atoms with van der Waals surface area (Å²) < 4.78 is 42.4. The fourth-order valence-electron chi connectivity index (χ4n) is 4.60. The summed E-state index contributed by atoms with van der Waals surface area (Å²) in [5, 5.41) is 16.1. The summed E-state index contributed by atoms with van der Waals surface area (Å²) >= 11 is 0. The molecule has 10 nitrogen and oxygen atoms in total. The number of hydrogen-bond donors (Lipinski definition) is 3. The number of anilines is 2. The van der Waals surface area contributed by atoms with Gasteiger partial charge in [-0.15, -0.1) is 0 Å². The zero-order valence-electron chi connectivity index (χ0n) is 22.2. The number of pyridine rings is 2. The van der Waals surface area contributed by atoms with Crippen LogP contribution in [0.5, 0.6) is 0 Å². The second kappa shape index (κ2) is 14.2. The van der Waals surface area contributed by atoms with Crippen molar-refractivity contribution in [1.82, 2.24) is 24.8 Å². The third-order valence-electron chi connectivity index (χ3n) is 6.66. The van der Waals surface area contributed by atoms with Crippen LogP contribution >= 0.6 is 0 Å². The number of nitrogens with one attached hydrogen (secondary N) is 2. The Labute approximate surface area is 230 Å². The zero-order chi connectivity index (χ0) is 28.4. The Morgan fingerprint density at radius 3 is 2.85 bits per heavy atom. The van der Waals surface area contributed by atoms with Crippen molar-refractivity contribution < 1.29 is 27.8 Å². The predicted molar refractivity (Wildman–Crippen MR) is 144 cm³/mol. The lowest BCUT2D eigenvalue weighted by Crippen LogP contribution is -2.37. The maximum Gasteiger partial charge on any atom is 0.411 e. The largest absolute Gasteiger partial charge is 0.480 e. The molecule has 3 N–H and O–H groups in total.